The van der Waals surface area contributed by atoms with Crippen molar-refractivity contribution in [1.82, 2.24) is 14.9 Å². The normalized spacial score (nSPS) is 12.7. The maximum atomic E-state index is 4.24. The van der Waals surface area contributed by atoms with Gasteiger partial charge in [0.15, 0.2) is 0 Å². The van der Waals surface area contributed by atoms with E-state index in [0.29, 0.717) is 0 Å². The van der Waals surface area contributed by atoms with Gasteiger partial charge in [-0.2, -0.15) is 0 Å². The average Bonchev–Trinajstić information content (AvgIpc) is 2.97. The van der Waals surface area contributed by atoms with Gasteiger partial charge in [-0.25, -0.2) is 0 Å². The van der Waals surface area contributed by atoms with Crippen LogP contribution in [0.3, 0.4) is 0 Å². The van der Waals surface area contributed by atoms with E-state index in [4.69, 9.17) is 0 Å². The Hall–Kier alpha value is -1.78. The molecule has 0 aliphatic carbocycles. The maximum absolute atomic E-state index is 4.24. The number of benzene rings is 2. The minimum Gasteiger partial charge on any atom is -0.309 e. The first-order valence-corrected chi connectivity index (χ1v) is 7.58. The molecular formula is C16H17N3S. The molecule has 102 valence electrons. The van der Waals surface area contributed by atoms with Crippen LogP contribution in [0.4, 0.5) is 0 Å². The first-order chi connectivity index (χ1) is 9.85. The molecule has 2 aromatic carbocycles. The van der Waals surface area contributed by atoms with E-state index in [2.05, 4.69) is 64.3 Å². The second-order valence-corrected chi connectivity index (χ2v) is 5.51. The molecule has 0 aliphatic rings. The molecule has 1 aromatic heterocycles. The van der Waals surface area contributed by atoms with Gasteiger partial charge in [0.25, 0.3) is 0 Å². The lowest BCUT2D eigenvalue weighted by Crippen LogP contribution is -2.18. The van der Waals surface area contributed by atoms with Gasteiger partial charge in [0.1, 0.15) is 0 Å². The summed E-state index contributed by atoms with van der Waals surface area (Å²) >= 11 is 1.49. The van der Waals surface area contributed by atoms with Crippen molar-refractivity contribution < 1.29 is 0 Å². The third-order valence-corrected chi connectivity index (χ3v) is 4.44. The molecule has 1 atom stereocenters. The van der Waals surface area contributed by atoms with Crippen molar-refractivity contribution in [2.75, 3.05) is 7.05 Å². The summed E-state index contributed by atoms with van der Waals surface area (Å²) in [5.74, 6) is 0. The lowest BCUT2D eigenvalue weighted by Gasteiger charge is -2.18. The van der Waals surface area contributed by atoms with Gasteiger partial charge in [-0.05, 0) is 41.3 Å². The van der Waals surface area contributed by atoms with E-state index in [1.165, 1.54) is 32.7 Å². The van der Waals surface area contributed by atoms with Crippen LogP contribution in [-0.4, -0.2) is 16.6 Å². The summed E-state index contributed by atoms with van der Waals surface area (Å²) in [5, 5.41) is 10.2. The van der Waals surface area contributed by atoms with Gasteiger partial charge in [0.2, 0.25) is 0 Å². The smallest absolute Gasteiger partial charge is 0.0804 e. The van der Waals surface area contributed by atoms with Crippen LogP contribution in [0.15, 0.2) is 42.5 Å². The molecule has 3 aromatic rings. The number of hydrogen-bond acceptors (Lipinski definition) is 4. The Morgan fingerprint density at radius 2 is 1.95 bits per heavy atom. The fourth-order valence-corrected chi connectivity index (χ4v) is 3.48. The Bertz CT molecular complexity index is 715. The van der Waals surface area contributed by atoms with E-state index in [9.17, 15) is 0 Å². The Morgan fingerprint density at radius 3 is 2.75 bits per heavy atom. The molecule has 4 heteroatoms. The zero-order valence-electron chi connectivity index (χ0n) is 11.6. The van der Waals surface area contributed by atoms with Crippen molar-refractivity contribution in [1.29, 1.82) is 0 Å². The number of fused-ring (bicyclic) bond motifs is 1. The van der Waals surface area contributed by atoms with E-state index in [-0.39, 0.29) is 6.04 Å². The summed E-state index contributed by atoms with van der Waals surface area (Å²) in [6.45, 7) is 2.12. The van der Waals surface area contributed by atoms with Gasteiger partial charge >= 0.3 is 0 Å². The van der Waals surface area contributed by atoms with Crippen LogP contribution in [-0.2, 0) is 6.42 Å². The molecule has 0 saturated heterocycles. The van der Waals surface area contributed by atoms with Gasteiger partial charge in [-0.1, -0.05) is 53.9 Å². The molecule has 0 bridgehead atoms. The number of hydrogen-bond donors (Lipinski definition) is 1. The summed E-state index contributed by atoms with van der Waals surface area (Å²) < 4.78 is 4.12. The van der Waals surface area contributed by atoms with Crippen LogP contribution in [0.25, 0.3) is 10.8 Å². The second-order valence-electron chi connectivity index (χ2n) is 4.73. The molecule has 3 nitrogen and oxygen atoms in total. The summed E-state index contributed by atoms with van der Waals surface area (Å²) in [7, 11) is 1.99. The quantitative estimate of drug-likeness (QED) is 0.795. The third-order valence-electron chi connectivity index (χ3n) is 3.61. The highest BCUT2D eigenvalue weighted by Crippen LogP contribution is 2.31. The highest BCUT2D eigenvalue weighted by molar-refractivity contribution is 7.05. The van der Waals surface area contributed by atoms with Crippen molar-refractivity contribution in [3.05, 3.63) is 58.6 Å². The van der Waals surface area contributed by atoms with Crippen molar-refractivity contribution in [3.8, 4) is 0 Å². The molecule has 0 amide bonds. The molecular weight excluding hydrogens is 266 g/mol. The van der Waals surface area contributed by atoms with Crippen molar-refractivity contribution in [2.24, 2.45) is 0 Å². The Morgan fingerprint density at radius 1 is 1.15 bits per heavy atom. The minimum absolute atomic E-state index is 0.149. The van der Waals surface area contributed by atoms with Gasteiger partial charge in [-0.3, -0.25) is 0 Å². The second kappa shape index (κ2) is 5.69. The summed E-state index contributed by atoms with van der Waals surface area (Å²) in [4.78, 5) is 1.21. The minimum atomic E-state index is 0.149. The van der Waals surface area contributed by atoms with Crippen LogP contribution in [0.5, 0.6) is 0 Å². The fourth-order valence-electron chi connectivity index (χ4n) is 2.61. The lowest BCUT2D eigenvalue weighted by molar-refractivity contribution is 0.698. The summed E-state index contributed by atoms with van der Waals surface area (Å²) in [6.07, 6.45) is 0.911. The van der Waals surface area contributed by atoms with Crippen LogP contribution in [0.2, 0.25) is 0 Å². The molecule has 1 heterocycles. The number of rotatable bonds is 4. The molecule has 3 rings (SSSR count). The predicted molar refractivity (Wildman–Crippen MR) is 84.1 cm³/mol. The summed E-state index contributed by atoms with van der Waals surface area (Å²) in [6, 6.07) is 15.1. The zero-order valence-corrected chi connectivity index (χ0v) is 12.4. The van der Waals surface area contributed by atoms with Crippen LogP contribution < -0.4 is 5.32 Å². The number of nitrogens with one attached hydrogen (secondary N) is 1. The number of aromatic nitrogens is 2. The molecule has 0 aliphatic heterocycles. The van der Waals surface area contributed by atoms with E-state index in [0.717, 1.165) is 12.1 Å². The Labute approximate surface area is 122 Å². The Balaban J connectivity index is 2.17. The number of nitrogens with zero attached hydrogens (tertiary/aromatic N) is 2. The van der Waals surface area contributed by atoms with E-state index in [1.54, 1.807) is 0 Å². The van der Waals surface area contributed by atoms with Crippen LogP contribution in [0.1, 0.15) is 29.1 Å². The first-order valence-electron chi connectivity index (χ1n) is 6.81. The molecule has 1 unspecified atom stereocenters. The van der Waals surface area contributed by atoms with Crippen molar-refractivity contribution in [2.45, 2.75) is 19.4 Å². The SMILES string of the molecule is CCc1nnsc1C(NC)c1cccc2ccccc12. The molecule has 0 spiro atoms. The first kappa shape index (κ1) is 13.2. The third kappa shape index (κ3) is 2.21. The maximum Gasteiger partial charge on any atom is 0.0804 e. The van der Waals surface area contributed by atoms with Crippen molar-refractivity contribution >= 4 is 22.3 Å². The standard InChI is InChI=1S/C16H17N3S/c1-3-14-16(20-19-18-14)15(17-2)13-10-6-8-11-7-4-5-9-12(11)13/h4-10,15,17H,3H2,1-2H3. The zero-order chi connectivity index (χ0) is 13.9. The van der Waals surface area contributed by atoms with Crippen LogP contribution in [0, 0.1) is 0 Å². The van der Waals surface area contributed by atoms with Gasteiger partial charge in [0.05, 0.1) is 16.6 Å². The summed E-state index contributed by atoms with van der Waals surface area (Å²) in [5.41, 5.74) is 2.37. The van der Waals surface area contributed by atoms with Gasteiger partial charge in [-0.15, -0.1) is 5.10 Å². The molecule has 20 heavy (non-hydrogen) atoms. The highest BCUT2D eigenvalue weighted by atomic mass is 32.1. The highest BCUT2D eigenvalue weighted by Gasteiger charge is 2.20. The average molecular weight is 283 g/mol. The van der Waals surface area contributed by atoms with Gasteiger partial charge < -0.3 is 5.32 Å². The van der Waals surface area contributed by atoms with Gasteiger partial charge in [0, 0.05) is 0 Å². The topological polar surface area (TPSA) is 37.8 Å². The Kier molecular flexibility index (Phi) is 3.76. The molecule has 0 saturated carbocycles. The fraction of sp³-hybridized carbons (Fsp3) is 0.250. The number of aryl methyl sites for hydroxylation is 1. The predicted octanol–water partition coefficient (Wildman–Crippen LogP) is 3.56. The largest absolute Gasteiger partial charge is 0.309 e. The molecule has 1 N–H and O–H groups in total. The van der Waals surface area contributed by atoms with Crippen LogP contribution >= 0.6 is 11.5 Å². The van der Waals surface area contributed by atoms with Crippen molar-refractivity contribution in [3.63, 3.8) is 0 Å². The van der Waals surface area contributed by atoms with E-state index >= 15 is 0 Å². The monoisotopic (exact) mass is 283 g/mol. The molecule has 0 fully saturated rings. The van der Waals surface area contributed by atoms with E-state index < -0.39 is 0 Å². The van der Waals surface area contributed by atoms with E-state index in [1.807, 2.05) is 7.05 Å². The lowest BCUT2D eigenvalue weighted by atomic mass is 9.97. The molecule has 0 radical (unpaired) electrons.